The van der Waals surface area contributed by atoms with Crippen molar-refractivity contribution in [3.8, 4) is 6.07 Å². The molecule has 2 rings (SSSR count). The molecule has 1 atom stereocenters. The second-order valence-electron chi connectivity index (χ2n) is 8.15. The molecular formula is C19H30N4O3S. The van der Waals surface area contributed by atoms with Gasteiger partial charge in [0.1, 0.15) is 17.9 Å². The first-order chi connectivity index (χ1) is 12.6. The first-order valence-corrected chi connectivity index (χ1v) is 11.2. The zero-order valence-corrected chi connectivity index (χ0v) is 17.1. The number of sulfonamides is 1. The van der Waals surface area contributed by atoms with Gasteiger partial charge in [0.25, 0.3) is 0 Å². The van der Waals surface area contributed by atoms with Crippen molar-refractivity contribution in [2.24, 2.45) is 5.92 Å². The number of nitrogens with zero attached hydrogens (tertiary/aromatic N) is 2. The van der Waals surface area contributed by atoms with Crippen LogP contribution in [0.15, 0.2) is 18.2 Å². The molecule has 7 nitrogen and oxygen atoms in total. The molecule has 1 aromatic heterocycles. The van der Waals surface area contributed by atoms with Crippen molar-refractivity contribution in [1.82, 2.24) is 15.0 Å². The Balaban J connectivity index is 1.80. The highest BCUT2D eigenvalue weighted by Gasteiger charge is 2.28. The number of aliphatic hydroxyl groups is 1. The van der Waals surface area contributed by atoms with Crippen LogP contribution in [0.1, 0.15) is 63.4 Å². The second-order valence-corrected chi connectivity index (χ2v) is 9.93. The third-order valence-corrected chi connectivity index (χ3v) is 5.79. The number of rotatable bonds is 8. The van der Waals surface area contributed by atoms with Gasteiger partial charge in [0.15, 0.2) is 0 Å². The molecule has 1 saturated carbocycles. The van der Waals surface area contributed by atoms with Crippen molar-refractivity contribution in [2.45, 2.75) is 63.6 Å². The summed E-state index contributed by atoms with van der Waals surface area (Å²) in [5.41, 5.74) is 0.630. The molecule has 1 aliphatic rings. The molecule has 8 heteroatoms. The molecule has 0 spiro atoms. The van der Waals surface area contributed by atoms with E-state index in [1.54, 1.807) is 18.2 Å². The lowest BCUT2D eigenvalue weighted by molar-refractivity contribution is 0.146. The van der Waals surface area contributed by atoms with Crippen LogP contribution in [0, 0.1) is 17.2 Å². The Hall–Kier alpha value is -1.53. The van der Waals surface area contributed by atoms with Crippen LogP contribution in [0.3, 0.4) is 0 Å². The van der Waals surface area contributed by atoms with Crippen molar-refractivity contribution in [1.29, 1.82) is 5.26 Å². The maximum atomic E-state index is 11.3. The van der Waals surface area contributed by atoms with Crippen LogP contribution in [0.2, 0.25) is 0 Å². The lowest BCUT2D eigenvalue weighted by Crippen LogP contribution is -2.44. The summed E-state index contributed by atoms with van der Waals surface area (Å²) in [7, 11) is -3.14. The van der Waals surface area contributed by atoms with Gasteiger partial charge in [-0.2, -0.15) is 5.26 Å². The summed E-state index contributed by atoms with van der Waals surface area (Å²) in [6.45, 7) is 4.58. The second kappa shape index (κ2) is 9.11. The number of pyridine rings is 1. The molecule has 1 aliphatic carbocycles. The summed E-state index contributed by atoms with van der Waals surface area (Å²) in [6, 6.07) is 7.08. The van der Waals surface area contributed by atoms with Crippen LogP contribution in [0.25, 0.3) is 0 Å². The zero-order valence-electron chi connectivity index (χ0n) is 16.3. The number of aliphatic hydroxyl groups excluding tert-OH is 1. The number of hydrogen-bond donors (Lipinski definition) is 3. The highest BCUT2D eigenvalue weighted by molar-refractivity contribution is 7.88. The van der Waals surface area contributed by atoms with Crippen LogP contribution < -0.4 is 10.0 Å². The molecule has 1 fully saturated rings. The van der Waals surface area contributed by atoms with Gasteiger partial charge in [-0.3, -0.25) is 0 Å². The Kier molecular flexibility index (Phi) is 7.34. The number of nitriles is 1. The molecule has 1 heterocycles. The van der Waals surface area contributed by atoms with E-state index in [1.165, 1.54) is 6.26 Å². The van der Waals surface area contributed by atoms with Crippen molar-refractivity contribution >= 4 is 10.0 Å². The fourth-order valence-electron chi connectivity index (χ4n) is 3.76. The van der Waals surface area contributed by atoms with Gasteiger partial charge in [0, 0.05) is 18.1 Å². The monoisotopic (exact) mass is 394 g/mol. The van der Waals surface area contributed by atoms with Gasteiger partial charge in [-0.1, -0.05) is 6.07 Å². The molecule has 150 valence electrons. The van der Waals surface area contributed by atoms with Gasteiger partial charge >= 0.3 is 0 Å². The summed E-state index contributed by atoms with van der Waals surface area (Å²) in [5.74, 6) is 0.530. The average Bonchev–Trinajstić information content (AvgIpc) is 2.60. The van der Waals surface area contributed by atoms with Gasteiger partial charge in [-0.05, 0) is 64.0 Å². The lowest BCUT2D eigenvalue weighted by atomic mass is 9.79. The smallest absolute Gasteiger partial charge is 0.208 e. The van der Waals surface area contributed by atoms with Gasteiger partial charge in [-0.15, -0.1) is 0 Å². The maximum Gasteiger partial charge on any atom is 0.208 e. The van der Waals surface area contributed by atoms with Gasteiger partial charge < -0.3 is 10.4 Å². The lowest BCUT2D eigenvalue weighted by Gasteiger charge is -2.35. The third-order valence-electron chi connectivity index (χ3n) is 5.03. The molecule has 0 aromatic carbocycles. The molecule has 0 bridgehead atoms. The zero-order chi connectivity index (χ0) is 20.1. The van der Waals surface area contributed by atoms with Gasteiger partial charge in [0.05, 0.1) is 11.9 Å². The molecule has 0 saturated heterocycles. The molecule has 3 N–H and O–H groups in total. The molecule has 0 radical (unpaired) electrons. The number of β-amino-alcohol motifs (C(OH)–C–C–N with tert-alkyl or cyclic N) is 1. The fraction of sp³-hybridized carbons (Fsp3) is 0.684. The Morgan fingerprint density at radius 1 is 1.33 bits per heavy atom. The standard InChI is InChI=1S/C19H30N4O3S/c1-19(2,11-14-7-9-15(10-8-14)23-27(3,25)26)21-13-18(24)17-6-4-5-16(12-20)22-17/h4-6,14-15,18,21,23-24H,7-11,13H2,1-3H3/t14-,15-,18-/m0/s1. The maximum absolute atomic E-state index is 11.3. The molecule has 0 amide bonds. The van der Waals surface area contributed by atoms with E-state index in [0.717, 1.165) is 32.1 Å². The summed E-state index contributed by atoms with van der Waals surface area (Å²) in [4.78, 5) is 4.14. The number of hydrogen-bond acceptors (Lipinski definition) is 6. The molecule has 1 aromatic rings. The van der Waals surface area contributed by atoms with Gasteiger partial charge in [0.2, 0.25) is 10.0 Å². The molecule has 0 unspecified atom stereocenters. The number of nitrogens with one attached hydrogen (secondary N) is 2. The summed E-state index contributed by atoms with van der Waals surface area (Å²) < 4.78 is 25.4. The van der Waals surface area contributed by atoms with E-state index in [2.05, 4.69) is 28.9 Å². The third kappa shape index (κ3) is 7.54. The summed E-state index contributed by atoms with van der Waals surface area (Å²) >= 11 is 0. The molecular weight excluding hydrogens is 364 g/mol. The summed E-state index contributed by atoms with van der Waals surface area (Å²) in [5, 5.41) is 22.7. The van der Waals surface area contributed by atoms with E-state index in [-0.39, 0.29) is 11.6 Å². The van der Waals surface area contributed by atoms with E-state index in [1.807, 2.05) is 6.07 Å². The average molecular weight is 395 g/mol. The normalized spacial score (nSPS) is 22.2. The minimum Gasteiger partial charge on any atom is -0.385 e. The van der Waals surface area contributed by atoms with E-state index < -0.39 is 16.1 Å². The Morgan fingerprint density at radius 3 is 2.59 bits per heavy atom. The van der Waals surface area contributed by atoms with Crippen molar-refractivity contribution < 1.29 is 13.5 Å². The predicted octanol–water partition coefficient (Wildman–Crippen LogP) is 1.85. The SMILES string of the molecule is CC(C)(C[C@H]1CC[C@H](NS(C)(=O)=O)CC1)NC[C@H](O)c1cccc(C#N)n1. The van der Waals surface area contributed by atoms with Crippen molar-refractivity contribution in [3.63, 3.8) is 0 Å². The van der Waals surface area contributed by atoms with E-state index in [0.29, 0.717) is 23.9 Å². The van der Waals surface area contributed by atoms with Crippen LogP contribution in [0.4, 0.5) is 0 Å². The molecule has 0 aliphatic heterocycles. The van der Waals surface area contributed by atoms with Crippen molar-refractivity contribution in [2.75, 3.05) is 12.8 Å². The van der Waals surface area contributed by atoms with Crippen LogP contribution >= 0.6 is 0 Å². The van der Waals surface area contributed by atoms with Crippen molar-refractivity contribution in [3.05, 3.63) is 29.6 Å². The highest BCUT2D eigenvalue weighted by Crippen LogP contribution is 2.31. The van der Waals surface area contributed by atoms with E-state index >= 15 is 0 Å². The fourth-order valence-corrected chi connectivity index (χ4v) is 4.60. The quantitative estimate of drug-likeness (QED) is 0.620. The van der Waals surface area contributed by atoms with E-state index in [9.17, 15) is 13.5 Å². The van der Waals surface area contributed by atoms with Crippen LogP contribution in [-0.4, -0.2) is 42.9 Å². The Morgan fingerprint density at radius 2 is 2.00 bits per heavy atom. The first-order valence-electron chi connectivity index (χ1n) is 9.35. The van der Waals surface area contributed by atoms with E-state index in [4.69, 9.17) is 5.26 Å². The predicted molar refractivity (Wildman–Crippen MR) is 104 cm³/mol. The largest absolute Gasteiger partial charge is 0.385 e. The first kappa shape index (κ1) is 21.8. The minimum absolute atomic E-state index is 0.0487. The van der Waals surface area contributed by atoms with Crippen LogP contribution in [-0.2, 0) is 10.0 Å². The van der Waals surface area contributed by atoms with Gasteiger partial charge in [-0.25, -0.2) is 18.1 Å². The Bertz CT molecular complexity index is 765. The highest BCUT2D eigenvalue weighted by atomic mass is 32.2. The van der Waals surface area contributed by atoms with Crippen LogP contribution in [0.5, 0.6) is 0 Å². The Labute approximate surface area is 162 Å². The topological polar surface area (TPSA) is 115 Å². The molecule has 27 heavy (non-hydrogen) atoms. The number of aromatic nitrogens is 1. The summed E-state index contributed by atoms with van der Waals surface area (Å²) in [6.07, 6.45) is 5.10. The minimum atomic E-state index is -3.14.